The second-order valence-electron chi connectivity index (χ2n) is 7.94. The van der Waals surface area contributed by atoms with E-state index >= 15 is 0 Å². The van der Waals surface area contributed by atoms with Crippen LogP contribution in [0.3, 0.4) is 0 Å². The molecule has 2 amide bonds. The Morgan fingerprint density at radius 3 is 2.39 bits per heavy atom. The van der Waals surface area contributed by atoms with Gasteiger partial charge in [-0.05, 0) is 69.0 Å². The first-order valence-electron chi connectivity index (χ1n) is 10.8. The zero-order valence-electron chi connectivity index (χ0n) is 18.9. The van der Waals surface area contributed by atoms with Gasteiger partial charge in [-0.1, -0.05) is 42.8 Å². The molecule has 0 saturated heterocycles. The molecular formula is C25H33ClN2O3. The molecule has 0 aromatic heterocycles. The summed E-state index contributed by atoms with van der Waals surface area (Å²) in [5.41, 5.74) is 2.15. The van der Waals surface area contributed by atoms with E-state index in [1.807, 2.05) is 52.0 Å². The lowest BCUT2D eigenvalue weighted by atomic mass is 10.0. The summed E-state index contributed by atoms with van der Waals surface area (Å²) in [5.74, 6) is 0.557. The van der Waals surface area contributed by atoms with Crippen molar-refractivity contribution in [3.63, 3.8) is 0 Å². The second-order valence-corrected chi connectivity index (χ2v) is 8.38. The minimum Gasteiger partial charge on any atom is -0.494 e. The van der Waals surface area contributed by atoms with Gasteiger partial charge in [-0.15, -0.1) is 0 Å². The van der Waals surface area contributed by atoms with E-state index in [-0.39, 0.29) is 17.9 Å². The summed E-state index contributed by atoms with van der Waals surface area (Å²) in [5, 5.41) is 3.61. The first-order chi connectivity index (χ1) is 14.8. The number of ether oxygens (including phenoxy) is 1. The minimum absolute atomic E-state index is 0.0183. The summed E-state index contributed by atoms with van der Waals surface area (Å²) >= 11 is 5.89. The molecule has 168 valence electrons. The molecule has 0 heterocycles. The smallest absolute Gasteiger partial charge is 0.243 e. The third kappa shape index (κ3) is 7.91. The van der Waals surface area contributed by atoms with Crippen LogP contribution in [0.1, 0.15) is 51.2 Å². The molecule has 0 fully saturated rings. The summed E-state index contributed by atoms with van der Waals surface area (Å²) in [7, 11) is 0. The fourth-order valence-corrected chi connectivity index (χ4v) is 3.49. The second kappa shape index (κ2) is 12.4. The van der Waals surface area contributed by atoms with Crippen molar-refractivity contribution < 1.29 is 14.3 Å². The zero-order valence-corrected chi connectivity index (χ0v) is 19.6. The number of halogens is 1. The van der Waals surface area contributed by atoms with Crippen LogP contribution in [0.25, 0.3) is 0 Å². The highest BCUT2D eigenvalue weighted by Gasteiger charge is 2.28. The maximum Gasteiger partial charge on any atom is 0.243 e. The van der Waals surface area contributed by atoms with Gasteiger partial charge < -0.3 is 15.0 Å². The number of nitrogens with one attached hydrogen (secondary N) is 1. The van der Waals surface area contributed by atoms with Gasteiger partial charge in [0.25, 0.3) is 0 Å². The fourth-order valence-electron chi connectivity index (χ4n) is 3.36. The van der Waals surface area contributed by atoms with Crippen molar-refractivity contribution in [2.45, 2.75) is 65.6 Å². The predicted octanol–water partition coefficient (Wildman–Crippen LogP) is 5.14. The Kier molecular flexibility index (Phi) is 9.86. The van der Waals surface area contributed by atoms with Gasteiger partial charge in [0.15, 0.2) is 0 Å². The van der Waals surface area contributed by atoms with Gasteiger partial charge in [0.1, 0.15) is 11.8 Å². The van der Waals surface area contributed by atoms with Crippen molar-refractivity contribution in [1.29, 1.82) is 0 Å². The van der Waals surface area contributed by atoms with E-state index in [1.54, 1.807) is 29.2 Å². The molecular weight excluding hydrogens is 412 g/mol. The minimum atomic E-state index is -0.508. The van der Waals surface area contributed by atoms with E-state index in [1.165, 1.54) is 0 Å². The first kappa shape index (κ1) is 24.7. The number of amides is 2. The Labute approximate surface area is 190 Å². The standard InChI is InChI=1S/C25H33ClN2O3/c1-5-23(25(30)27-18(2)3)28(17-20-10-7-6-9-19(20)4)24(29)11-8-16-31-22-14-12-21(26)13-15-22/h6-7,9-10,12-15,18,23H,5,8,11,16-17H2,1-4H3,(H,27,30)/t23-/m0/s1. The van der Waals surface area contributed by atoms with Crippen LogP contribution in [0.4, 0.5) is 0 Å². The van der Waals surface area contributed by atoms with E-state index in [0.717, 1.165) is 16.9 Å². The lowest BCUT2D eigenvalue weighted by Crippen LogP contribution is -2.50. The number of aryl methyl sites for hydroxylation is 1. The van der Waals surface area contributed by atoms with Crippen molar-refractivity contribution in [2.75, 3.05) is 6.61 Å². The van der Waals surface area contributed by atoms with Crippen molar-refractivity contribution in [3.05, 3.63) is 64.7 Å². The number of hydrogen-bond donors (Lipinski definition) is 1. The van der Waals surface area contributed by atoms with Crippen LogP contribution in [0.2, 0.25) is 5.02 Å². The largest absolute Gasteiger partial charge is 0.494 e. The third-order valence-electron chi connectivity index (χ3n) is 5.04. The maximum atomic E-state index is 13.2. The van der Waals surface area contributed by atoms with Crippen molar-refractivity contribution >= 4 is 23.4 Å². The highest BCUT2D eigenvalue weighted by molar-refractivity contribution is 6.30. The van der Waals surface area contributed by atoms with Crippen molar-refractivity contribution in [1.82, 2.24) is 10.2 Å². The molecule has 1 atom stereocenters. The average molecular weight is 445 g/mol. The highest BCUT2D eigenvalue weighted by atomic mass is 35.5. The average Bonchev–Trinajstić information content (AvgIpc) is 2.73. The van der Waals surface area contributed by atoms with E-state index in [4.69, 9.17) is 16.3 Å². The Hall–Kier alpha value is -2.53. The topological polar surface area (TPSA) is 58.6 Å². The van der Waals surface area contributed by atoms with Crippen LogP contribution < -0.4 is 10.1 Å². The molecule has 0 aliphatic carbocycles. The molecule has 1 N–H and O–H groups in total. The molecule has 0 radical (unpaired) electrons. The van der Waals surface area contributed by atoms with Crippen LogP contribution in [0.15, 0.2) is 48.5 Å². The molecule has 0 spiro atoms. The molecule has 0 aliphatic heterocycles. The van der Waals surface area contributed by atoms with Crippen LogP contribution in [0, 0.1) is 6.92 Å². The molecule has 6 heteroatoms. The first-order valence-corrected chi connectivity index (χ1v) is 11.2. The van der Waals surface area contributed by atoms with Gasteiger partial charge in [-0.25, -0.2) is 0 Å². The molecule has 31 heavy (non-hydrogen) atoms. The molecule has 0 aliphatic rings. The lowest BCUT2D eigenvalue weighted by molar-refractivity contribution is -0.141. The molecule has 2 rings (SSSR count). The van der Waals surface area contributed by atoms with Gasteiger partial charge >= 0.3 is 0 Å². The molecule has 0 saturated carbocycles. The van der Waals surface area contributed by atoms with E-state index < -0.39 is 6.04 Å². The number of carbonyl (C=O) groups is 2. The zero-order chi connectivity index (χ0) is 22.8. The predicted molar refractivity (Wildman–Crippen MR) is 125 cm³/mol. The number of rotatable bonds is 11. The van der Waals surface area contributed by atoms with Gasteiger partial charge in [0.2, 0.25) is 11.8 Å². The Morgan fingerprint density at radius 2 is 1.77 bits per heavy atom. The summed E-state index contributed by atoms with van der Waals surface area (Å²) in [4.78, 5) is 27.7. The van der Waals surface area contributed by atoms with Gasteiger partial charge in [0.05, 0.1) is 6.61 Å². The van der Waals surface area contributed by atoms with E-state index in [0.29, 0.717) is 37.4 Å². The molecule has 2 aromatic carbocycles. The quantitative estimate of drug-likeness (QED) is 0.488. The van der Waals surface area contributed by atoms with Crippen molar-refractivity contribution in [2.24, 2.45) is 0 Å². The summed E-state index contributed by atoms with van der Waals surface area (Å²) < 4.78 is 5.71. The fraction of sp³-hybridized carbons (Fsp3) is 0.440. The number of nitrogens with zero attached hydrogens (tertiary/aromatic N) is 1. The highest BCUT2D eigenvalue weighted by Crippen LogP contribution is 2.18. The van der Waals surface area contributed by atoms with Gasteiger partial charge in [-0.3, -0.25) is 9.59 Å². The van der Waals surface area contributed by atoms with Crippen LogP contribution in [-0.4, -0.2) is 35.4 Å². The summed E-state index contributed by atoms with van der Waals surface area (Å²) in [6.07, 6.45) is 1.43. The Morgan fingerprint density at radius 1 is 1.10 bits per heavy atom. The number of benzene rings is 2. The van der Waals surface area contributed by atoms with Gasteiger partial charge in [-0.2, -0.15) is 0 Å². The molecule has 5 nitrogen and oxygen atoms in total. The van der Waals surface area contributed by atoms with E-state index in [2.05, 4.69) is 5.32 Å². The van der Waals surface area contributed by atoms with Crippen molar-refractivity contribution in [3.8, 4) is 5.75 Å². The van der Waals surface area contributed by atoms with Gasteiger partial charge in [0, 0.05) is 24.0 Å². The number of hydrogen-bond acceptors (Lipinski definition) is 3. The van der Waals surface area contributed by atoms with Crippen LogP contribution in [-0.2, 0) is 16.1 Å². The Balaban J connectivity index is 2.06. The number of carbonyl (C=O) groups excluding carboxylic acids is 2. The van der Waals surface area contributed by atoms with Crippen LogP contribution >= 0.6 is 11.6 Å². The third-order valence-corrected chi connectivity index (χ3v) is 5.29. The SMILES string of the molecule is CC[C@@H](C(=O)NC(C)C)N(Cc1ccccc1C)C(=O)CCCOc1ccc(Cl)cc1. The lowest BCUT2D eigenvalue weighted by Gasteiger charge is -2.31. The van der Waals surface area contributed by atoms with Crippen LogP contribution in [0.5, 0.6) is 5.75 Å². The maximum absolute atomic E-state index is 13.2. The monoisotopic (exact) mass is 444 g/mol. The Bertz CT molecular complexity index is 852. The molecule has 0 bridgehead atoms. The molecule has 2 aromatic rings. The molecule has 0 unspecified atom stereocenters. The normalized spacial score (nSPS) is 11.8. The van der Waals surface area contributed by atoms with E-state index in [9.17, 15) is 9.59 Å². The summed E-state index contributed by atoms with van der Waals surface area (Å²) in [6, 6.07) is 14.6. The summed E-state index contributed by atoms with van der Waals surface area (Å²) in [6.45, 7) is 8.63.